The van der Waals surface area contributed by atoms with E-state index in [1.165, 1.54) is 7.11 Å². The van der Waals surface area contributed by atoms with Crippen molar-refractivity contribution in [1.29, 1.82) is 0 Å². The van der Waals surface area contributed by atoms with Gasteiger partial charge in [-0.25, -0.2) is 9.89 Å². The van der Waals surface area contributed by atoms with Crippen LogP contribution in [0.15, 0.2) is 35.1 Å². The lowest BCUT2D eigenvalue weighted by molar-refractivity contribution is -0.136. The summed E-state index contributed by atoms with van der Waals surface area (Å²) in [5, 5.41) is 6.81. The van der Waals surface area contributed by atoms with Gasteiger partial charge in [0.05, 0.1) is 6.54 Å². The number of aromatic nitrogens is 3. The molecule has 1 N–H and O–H groups in total. The van der Waals surface area contributed by atoms with Crippen molar-refractivity contribution < 1.29 is 9.53 Å². The molecule has 2 heterocycles. The molecule has 1 aromatic carbocycles. The molecule has 0 aliphatic carbocycles. The smallest absolute Gasteiger partial charge is 0.343 e. The summed E-state index contributed by atoms with van der Waals surface area (Å²) in [5.74, 6) is 0.974. The molecule has 0 atom stereocenters. The number of ether oxygens (including phenoxy) is 1. The summed E-state index contributed by atoms with van der Waals surface area (Å²) in [6, 6.07) is 9.86. The molecule has 0 bridgehead atoms. The van der Waals surface area contributed by atoms with Crippen LogP contribution in [0.1, 0.15) is 30.1 Å². The third-order valence-electron chi connectivity index (χ3n) is 4.45. The van der Waals surface area contributed by atoms with Gasteiger partial charge in [-0.3, -0.25) is 9.36 Å². The minimum absolute atomic E-state index is 0.0136. The lowest BCUT2D eigenvalue weighted by Crippen LogP contribution is -2.40. The van der Waals surface area contributed by atoms with E-state index in [1.54, 1.807) is 4.57 Å². The molecule has 0 radical (unpaired) electrons. The molecule has 0 spiro atoms. The van der Waals surface area contributed by atoms with Crippen LogP contribution in [0.5, 0.6) is 0 Å². The monoisotopic (exact) mass is 330 g/mol. The van der Waals surface area contributed by atoms with E-state index >= 15 is 0 Å². The lowest BCUT2D eigenvalue weighted by Gasteiger charge is -2.31. The van der Waals surface area contributed by atoms with Crippen LogP contribution < -0.4 is 5.69 Å². The zero-order valence-electron chi connectivity index (χ0n) is 13.8. The molecule has 7 nitrogen and oxygen atoms in total. The van der Waals surface area contributed by atoms with Crippen LogP contribution in [-0.2, 0) is 16.1 Å². The van der Waals surface area contributed by atoms with Gasteiger partial charge in [-0.1, -0.05) is 30.3 Å². The number of likely N-dealkylation sites (tertiary alicyclic amines) is 1. The van der Waals surface area contributed by atoms with E-state index in [9.17, 15) is 9.59 Å². The number of amides is 1. The standard InChI is InChI=1S/C17H22N4O3/c1-24-12-15(22)20-9-7-14(8-10-20)16-18-19-17(23)21(16)11-13-5-3-2-4-6-13/h2-6,14H,7-12H2,1H3,(H,19,23). The van der Waals surface area contributed by atoms with E-state index in [0.717, 1.165) is 24.2 Å². The van der Waals surface area contributed by atoms with E-state index < -0.39 is 0 Å². The predicted molar refractivity (Wildman–Crippen MR) is 88.8 cm³/mol. The van der Waals surface area contributed by atoms with Crippen molar-refractivity contribution in [2.45, 2.75) is 25.3 Å². The number of nitrogens with zero attached hydrogens (tertiary/aromatic N) is 3. The molecule has 0 unspecified atom stereocenters. The molecule has 7 heteroatoms. The molecule has 1 saturated heterocycles. The van der Waals surface area contributed by atoms with Crippen LogP contribution in [0, 0.1) is 0 Å². The summed E-state index contributed by atoms with van der Waals surface area (Å²) in [4.78, 5) is 25.8. The topological polar surface area (TPSA) is 80.2 Å². The Bertz CT molecular complexity index is 730. The van der Waals surface area contributed by atoms with Crippen molar-refractivity contribution in [1.82, 2.24) is 19.7 Å². The summed E-state index contributed by atoms with van der Waals surface area (Å²) in [7, 11) is 1.52. The zero-order valence-corrected chi connectivity index (χ0v) is 13.8. The van der Waals surface area contributed by atoms with E-state index in [-0.39, 0.29) is 24.1 Å². The zero-order chi connectivity index (χ0) is 16.9. The number of hydrogen-bond acceptors (Lipinski definition) is 4. The molecule has 1 aliphatic rings. The number of carbonyl (C=O) groups is 1. The van der Waals surface area contributed by atoms with Crippen molar-refractivity contribution in [2.75, 3.05) is 26.8 Å². The second-order valence-corrected chi connectivity index (χ2v) is 6.05. The number of aromatic amines is 1. The Balaban J connectivity index is 1.70. The van der Waals surface area contributed by atoms with Gasteiger partial charge in [0.1, 0.15) is 12.4 Å². The molecule has 128 valence electrons. The molecule has 2 aromatic rings. The number of benzene rings is 1. The van der Waals surface area contributed by atoms with Crippen molar-refractivity contribution in [3.63, 3.8) is 0 Å². The van der Waals surface area contributed by atoms with E-state index in [1.807, 2.05) is 35.2 Å². The van der Waals surface area contributed by atoms with Gasteiger partial charge in [-0.05, 0) is 18.4 Å². The van der Waals surface area contributed by atoms with Crippen molar-refractivity contribution in [3.05, 3.63) is 52.2 Å². The van der Waals surface area contributed by atoms with Crippen LogP contribution in [0.2, 0.25) is 0 Å². The quantitative estimate of drug-likeness (QED) is 0.886. The first kappa shape index (κ1) is 16.4. The van der Waals surface area contributed by atoms with Gasteiger partial charge in [0.15, 0.2) is 0 Å². The maximum atomic E-state index is 12.1. The Kier molecular flexibility index (Phi) is 5.10. The van der Waals surface area contributed by atoms with Gasteiger partial charge in [0, 0.05) is 26.1 Å². The predicted octanol–water partition coefficient (Wildman–Crippen LogP) is 0.972. The summed E-state index contributed by atoms with van der Waals surface area (Å²) in [5.41, 5.74) is 0.877. The number of hydrogen-bond donors (Lipinski definition) is 1. The highest BCUT2D eigenvalue weighted by Gasteiger charge is 2.27. The minimum Gasteiger partial charge on any atom is -0.375 e. The number of H-pyrrole nitrogens is 1. The largest absolute Gasteiger partial charge is 0.375 e. The molecular formula is C17H22N4O3. The van der Waals surface area contributed by atoms with Crippen LogP contribution >= 0.6 is 0 Å². The molecule has 1 amide bonds. The SMILES string of the molecule is COCC(=O)N1CCC(c2n[nH]c(=O)n2Cc2ccccc2)CC1. The van der Waals surface area contributed by atoms with Gasteiger partial charge in [-0.15, -0.1) is 0 Å². The first-order valence-corrected chi connectivity index (χ1v) is 8.14. The van der Waals surface area contributed by atoms with Gasteiger partial charge in [0.25, 0.3) is 0 Å². The number of nitrogens with one attached hydrogen (secondary N) is 1. The fourth-order valence-corrected chi connectivity index (χ4v) is 3.16. The highest BCUT2D eigenvalue weighted by atomic mass is 16.5. The number of piperidine rings is 1. The molecular weight excluding hydrogens is 308 g/mol. The number of rotatable bonds is 5. The van der Waals surface area contributed by atoms with E-state index in [4.69, 9.17) is 4.74 Å². The van der Waals surface area contributed by atoms with E-state index in [0.29, 0.717) is 19.6 Å². The second-order valence-electron chi connectivity index (χ2n) is 6.05. The summed E-state index contributed by atoms with van der Waals surface area (Å²) >= 11 is 0. The first-order valence-electron chi connectivity index (χ1n) is 8.14. The highest BCUT2D eigenvalue weighted by Crippen LogP contribution is 2.26. The van der Waals surface area contributed by atoms with Crippen LogP contribution in [-0.4, -0.2) is 52.4 Å². The molecule has 3 rings (SSSR count). The third kappa shape index (κ3) is 3.56. The van der Waals surface area contributed by atoms with Crippen molar-refractivity contribution in [3.8, 4) is 0 Å². The highest BCUT2D eigenvalue weighted by molar-refractivity contribution is 5.77. The minimum atomic E-state index is -0.188. The Labute approximate surface area is 140 Å². The van der Waals surface area contributed by atoms with Gasteiger partial charge < -0.3 is 9.64 Å². The van der Waals surface area contributed by atoms with Gasteiger partial charge in [-0.2, -0.15) is 5.10 Å². The Morgan fingerprint density at radius 1 is 1.29 bits per heavy atom. The molecule has 1 aromatic heterocycles. The second kappa shape index (κ2) is 7.44. The first-order chi connectivity index (χ1) is 11.7. The maximum absolute atomic E-state index is 12.1. The maximum Gasteiger partial charge on any atom is 0.343 e. The molecule has 1 aliphatic heterocycles. The summed E-state index contributed by atoms with van der Waals surface area (Å²) < 4.78 is 6.60. The molecule has 0 saturated carbocycles. The Morgan fingerprint density at radius 3 is 2.67 bits per heavy atom. The molecule has 24 heavy (non-hydrogen) atoms. The summed E-state index contributed by atoms with van der Waals surface area (Å²) in [6.07, 6.45) is 1.60. The fraction of sp³-hybridized carbons (Fsp3) is 0.471. The Hall–Kier alpha value is -2.41. The average Bonchev–Trinajstić information content (AvgIpc) is 2.97. The van der Waals surface area contributed by atoms with Crippen molar-refractivity contribution >= 4 is 5.91 Å². The van der Waals surface area contributed by atoms with Gasteiger partial charge in [0.2, 0.25) is 5.91 Å². The fourth-order valence-electron chi connectivity index (χ4n) is 3.16. The number of carbonyl (C=O) groups excluding carboxylic acids is 1. The van der Waals surface area contributed by atoms with Crippen LogP contribution in [0.3, 0.4) is 0 Å². The van der Waals surface area contributed by atoms with Crippen molar-refractivity contribution in [2.24, 2.45) is 0 Å². The molecule has 1 fully saturated rings. The average molecular weight is 330 g/mol. The summed E-state index contributed by atoms with van der Waals surface area (Å²) in [6.45, 7) is 1.96. The number of methoxy groups -OCH3 is 1. The van der Waals surface area contributed by atoms with E-state index in [2.05, 4.69) is 10.2 Å². The normalized spacial score (nSPS) is 15.6. The Morgan fingerprint density at radius 2 is 2.00 bits per heavy atom. The van der Waals surface area contributed by atoms with Crippen LogP contribution in [0.4, 0.5) is 0 Å². The lowest BCUT2D eigenvalue weighted by atomic mass is 9.95. The van der Waals surface area contributed by atoms with Crippen LogP contribution in [0.25, 0.3) is 0 Å². The third-order valence-corrected chi connectivity index (χ3v) is 4.45. The van der Waals surface area contributed by atoms with Gasteiger partial charge >= 0.3 is 5.69 Å².